The zero-order chi connectivity index (χ0) is 13.7. The van der Waals surface area contributed by atoms with Crippen molar-refractivity contribution in [3.8, 4) is 0 Å². The number of amides is 1. The van der Waals surface area contributed by atoms with Crippen LogP contribution in [0.15, 0.2) is 17.1 Å². The zero-order valence-electron chi connectivity index (χ0n) is 10.4. The Morgan fingerprint density at radius 3 is 2.67 bits per heavy atom. The minimum absolute atomic E-state index is 0.00634. The average molecular weight is 252 g/mol. The first-order valence-corrected chi connectivity index (χ1v) is 5.66. The summed E-state index contributed by atoms with van der Waals surface area (Å²) in [4.78, 5) is 33.8. The highest BCUT2D eigenvalue weighted by atomic mass is 16.4. The number of rotatable bonds is 5. The van der Waals surface area contributed by atoms with E-state index in [1.807, 2.05) is 6.92 Å². The number of pyridine rings is 1. The van der Waals surface area contributed by atoms with E-state index < -0.39 is 11.4 Å². The van der Waals surface area contributed by atoms with E-state index in [-0.39, 0.29) is 18.0 Å². The molecule has 0 spiro atoms. The summed E-state index contributed by atoms with van der Waals surface area (Å²) < 4.78 is 1.45. The Hall–Kier alpha value is -2.11. The zero-order valence-corrected chi connectivity index (χ0v) is 10.4. The number of carboxylic acid groups (broad SMARTS) is 1. The number of hydrogen-bond acceptors (Lipinski definition) is 3. The molecular weight excluding hydrogens is 236 g/mol. The lowest BCUT2D eigenvalue weighted by atomic mass is 10.2. The average Bonchev–Trinajstić information content (AvgIpc) is 2.29. The Balaban J connectivity index is 2.95. The molecule has 0 aliphatic carbocycles. The van der Waals surface area contributed by atoms with Gasteiger partial charge in [0, 0.05) is 24.5 Å². The molecule has 0 aliphatic heterocycles. The monoisotopic (exact) mass is 252 g/mol. The van der Waals surface area contributed by atoms with Gasteiger partial charge in [0.05, 0.1) is 0 Å². The second kappa shape index (κ2) is 6.00. The highest BCUT2D eigenvalue weighted by Crippen LogP contribution is 1.99. The molecule has 18 heavy (non-hydrogen) atoms. The number of nitrogens with zero attached hydrogens (tertiary/aromatic N) is 1. The van der Waals surface area contributed by atoms with Crippen molar-refractivity contribution in [1.29, 1.82) is 0 Å². The molecular formula is C12H16N2O4. The first kappa shape index (κ1) is 14.0. The third kappa shape index (κ3) is 3.44. The fraction of sp³-hybridized carbons (Fsp3) is 0.417. The van der Waals surface area contributed by atoms with Crippen molar-refractivity contribution in [1.82, 2.24) is 9.88 Å². The van der Waals surface area contributed by atoms with Gasteiger partial charge in [0.25, 0.3) is 0 Å². The largest absolute Gasteiger partial charge is 0.477 e. The van der Waals surface area contributed by atoms with Crippen LogP contribution in [0.2, 0.25) is 0 Å². The first-order valence-electron chi connectivity index (χ1n) is 5.66. The van der Waals surface area contributed by atoms with Crippen LogP contribution < -0.4 is 10.7 Å². The number of aromatic carboxylic acids is 1. The summed E-state index contributed by atoms with van der Waals surface area (Å²) >= 11 is 0. The number of carbonyl (C=O) groups excluding carboxylic acids is 1. The second-order valence-electron chi connectivity index (χ2n) is 3.98. The van der Waals surface area contributed by atoms with Gasteiger partial charge in [-0.05, 0) is 13.3 Å². The quantitative estimate of drug-likeness (QED) is 0.793. The van der Waals surface area contributed by atoms with Crippen LogP contribution in [0.25, 0.3) is 0 Å². The van der Waals surface area contributed by atoms with Crippen LogP contribution in [-0.2, 0) is 11.3 Å². The van der Waals surface area contributed by atoms with Crippen molar-refractivity contribution in [3.05, 3.63) is 33.7 Å². The van der Waals surface area contributed by atoms with Gasteiger partial charge in [0.15, 0.2) is 5.43 Å². The molecule has 0 unspecified atom stereocenters. The van der Waals surface area contributed by atoms with Crippen LogP contribution in [0, 0.1) is 6.92 Å². The van der Waals surface area contributed by atoms with Gasteiger partial charge in [-0.3, -0.25) is 9.59 Å². The highest BCUT2D eigenvalue weighted by Gasteiger charge is 2.12. The van der Waals surface area contributed by atoms with E-state index in [0.29, 0.717) is 12.2 Å². The molecule has 2 N–H and O–H groups in total. The Morgan fingerprint density at radius 1 is 1.44 bits per heavy atom. The molecule has 0 fully saturated rings. The van der Waals surface area contributed by atoms with Gasteiger partial charge >= 0.3 is 5.97 Å². The van der Waals surface area contributed by atoms with Crippen LogP contribution in [0.3, 0.4) is 0 Å². The van der Waals surface area contributed by atoms with Gasteiger partial charge in [0.1, 0.15) is 12.1 Å². The van der Waals surface area contributed by atoms with Crippen LogP contribution in [0.5, 0.6) is 0 Å². The van der Waals surface area contributed by atoms with Gasteiger partial charge in [0.2, 0.25) is 5.91 Å². The van der Waals surface area contributed by atoms with E-state index in [1.54, 1.807) is 6.92 Å². The smallest absolute Gasteiger partial charge is 0.341 e. The van der Waals surface area contributed by atoms with Crippen molar-refractivity contribution < 1.29 is 14.7 Å². The van der Waals surface area contributed by atoms with Crippen molar-refractivity contribution in [2.24, 2.45) is 0 Å². The van der Waals surface area contributed by atoms with Crippen molar-refractivity contribution in [3.63, 3.8) is 0 Å². The second-order valence-corrected chi connectivity index (χ2v) is 3.98. The number of nitrogens with one attached hydrogen (secondary N) is 1. The predicted octanol–water partition coefficient (Wildman–Crippen LogP) is 0.381. The lowest BCUT2D eigenvalue weighted by Gasteiger charge is -2.11. The summed E-state index contributed by atoms with van der Waals surface area (Å²) in [6.45, 7) is 4.17. The van der Waals surface area contributed by atoms with Gasteiger partial charge in [-0.25, -0.2) is 4.79 Å². The van der Waals surface area contributed by atoms with Gasteiger partial charge in [-0.2, -0.15) is 0 Å². The molecule has 6 nitrogen and oxygen atoms in total. The van der Waals surface area contributed by atoms with Crippen LogP contribution in [0.4, 0.5) is 0 Å². The van der Waals surface area contributed by atoms with Gasteiger partial charge in [-0.1, -0.05) is 6.92 Å². The molecule has 1 rings (SSSR count). The van der Waals surface area contributed by atoms with Crippen molar-refractivity contribution in [2.75, 3.05) is 6.54 Å². The lowest BCUT2D eigenvalue weighted by molar-refractivity contribution is -0.121. The topological polar surface area (TPSA) is 88.4 Å². The van der Waals surface area contributed by atoms with Crippen LogP contribution >= 0.6 is 0 Å². The SMILES string of the molecule is CCCNC(=O)Cn1cc(C(=O)O)c(=O)cc1C. The molecule has 1 heterocycles. The number of aromatic nitrogens is 1. The molecule has 1 amide bonds. The normalized spacial score (nSPS) is 10.1. The maximum atomic E-state index is 11.5. The summed E-state index contributed by atoms with van der Waals surface area (Å²) in [5, 5.41) is 11.5. The Labute approximate surface area is 104 Å². The molecule has 0 saturated heterocycles. The van der Waals surface area contributed by atoms with E-state index >= 15 is 0 Å². The number of hydrogen-bond donors (Lipinski definition) is 2. The molecule has 0 atom stereocenters. The van der Waals surface area contributed by atoms with Crippen LogP contribution in [-0.4, -0.2) is 28.1 Å². The Bertz CT molecular complexity index is 519. The minimum Gasteiger partial charge on any atom is -0.477 e. The van der Waals surface area contributed by atoms with E-state index in [1.165, 1.54) is 16.8 Å². The molecule has 0 aromatic carbocycles. The summed E-state index contributed by atoms with van der Waals surface area (Å²) in [5.41, 5.74) is -0.328. The fourth-order valence-electron chi connectivity index (χ4n) is 1.48. The van der Waals surface area contributed by atoms with Crippen LogP contribution in [0.1, 0.15) is 29.4 Å². The number of carboxylic acids is 1. The molecule has 1 aromatic heterocycles. The maximum Gasteiger partial charge on any atom is 0.341 e. The van der Waals surface area contributed by atoms with Crippen molar-refractivity contribution in [2.45, 2.75) is 26.8 Å². The molecule has 6 heteroatoms. The third-order valence-corrected chi connectivity index (χ3v) is 2.46. The van der Waals surface area contributed by atoms with Crippen molar-refractivity contribution >= 4 is 11.9 Å². The van der Waals surface area contributed by atoms with Gasteiger partial charge < -0.3 is 15.0 Å². The summed E-state index contributed by atoms with van der Waals surface area (Å²) in [6.07, 6.45) is 2.03. The Kier molecular flexibility index (Phi) is 4.65. The summed E-state index contributed by atoms with van der Waals surface area (Å²) in [7, 11) is 0. The van der Waals surface area contributed by atoms with E-state index in [4.69, 9.17) is 5.11 Å². The van der Waals surface area contributed by atoms with E-state index in [2.05, 4.69) is 5.32 Å². The fourth-order valence-corrected chi connectivity index (χ4v) is 1.48. The maximum absolute atomic E-state index is 11.5. The van der Waals surface area contributed by atoms with E-state index in [0.717, 1.165) is 6.42 Å². The first-order chi connectivity index (χ1) is 8.45. The van der Waals surface area contributed by atoms with E-state index in [9.17, 15) is 14.4 Å². The number of carbonyl (C=O) groups is 2. The Morgan fingerprint density at radius 2 is 2.11 bits per heavy atom. The lowest BCUT2D eigenvalue weighted by Crippen LogP contribution is -2.30. The molecule has 0 aliphatic rings. The third-order valence-electron chi connectivity index (χ3n) is 2.46. The molecule has 98 valence electrons. The number of aryl methyl sites for hydroxylation is 1. The molecule has 0 bridgehead atoms. The molecule has 0 saturated carbocycles. The van der Waals surface area contributed by atoms with Gasteiger partial charge in [-0.15, -0.1) is 0 Å². The summed E-state index contributed by atoms with van der Waals surface area (Å²) in [6, 6.07) is 1.22. The minimum atomic E-state index is -1.29. The standard InChI is InChI=1S/C12H16N2O4/c1-3-4-13-11(16)7-14-6-9(12(17)18)10(15)5-8(14)2/h5-6H,3-4,7H2,1-2H3,(H,13,16)(H,17,18). The predicted molar refractivity (Wildman–Crippen MR) is 65.7 cm³/mol. The molecule has 1 aromatic rings. The summed E-state index contributed by atoms with van der Waals surface area (Å²) in [5.74, 6) is -1.50. The molecule has 0 radical (unpaired) electrons. The highest BCUT2D eigenvalue weighted by molar-refractivity contribution is 5.87.